The number of nitro groups is 1. The van der Waals surface area contributed by atoms with Crippen LogP contribution in [0.3, 0.4) is 0 Å². The van der Waals surface area contributed by atoms with Gasteiger partial charge in [0.2, 0.25) is 0 Å². The van der Waals surface area contributed by atoms with Crippen LogP contribution in [-0.4, -0.2) is 18.0 Å². The van der Waals surface area contributed by atoms with Gasteiger partial charge in [0.15, 0.2) is 0 Å². The Morgan fingerprint density at radius 3 is 2.75 bits per heavy atom. The maximum atomic E-state index is 10.8. The Morgan fingerprint density at radius 1 is 1.56 bits per heavy atom. The number of ether oxygens (including phenoxy) is 1. The van der Waals surface area contributed by atoms with Crippen molar-refractivity contribution in [3.63, 3.8) is 0 Å². The van der Waals surface area contributed by atoms with Gasteiger partial charge in [-0.3, -0.25) is 10.1 Å². The molecule has 6 heteroatoms. The first-order valence-corrected chi connectivity index (χ1v) is 4.62. The lowest BCUT2D eigenvalue weighted by atomic mass is 10.2. The summed E-state index contributed by atoms with van der Waals surface area (Å²) in [6.07, 6.45) is 2.62. The van der Waals surface area contributed by atoms with Gasteiger partial charge in [-0.05, 0) is 17.7 Å². The Morgan fingerprint density at radius 2 is 2.25 bits per heavy atom. The Labute approximate surface area is 96.4 Å². The number of benzene rings is 1. The summed E-state index contributed by atoms with van der Waals surface area (Å²) in [4.78, 5) is 20.7. The van der Waals surface area contributed by atoms with Gasteiger partial charge in [0, 0.05) is 18.2 Å². The van der Waals surface area contributed by atoms with Crippen molar-refractivity contribution in [3.05, 3.63) is 45.0 Å². The molecule has 0 bridgehead atoms. The van der Waals surface area contributed by atoms with Crippen LogP contribution in [0.1, 0.15) is 5.56 Å². The van der Waals surface area contributed by atoms with E-state index in [4.69, 9.17) is 11.6 Å². The molecular weight excluding hydrogens is 234 g/mol. The molecule has 5 nitrogen and oxygen atoms in total. The van der Waals surface area contributed by atoms with Crippen molar-refractivity contribution in [2.24, 2.45) is 0 Å². The molecule has 0 atom stereocenters. The van der Waals surface area contributed by atoms with Crippen molar-refractivity contribution in [1.29, 1.82) is 0 Å². The first-order chi connectivity index (χ1) is 7.54. The fourth-order valence-electron chi connectivity index (χ4n) is 0.991. The smallest absolute Gasteiger partial charge is 0.330 e. The Bertz CT molecular complexity index is 456. The third-order valence-corrected chi connectivity index (χ3v) is 2.12. The summed E-state index contributed by atoms with van der Waals surface area (Å²) >= 11 is 5.79. The minimum Gasteiger partial charge on any atom is -0.466 e. The highest BCUT2D eigenvalue weighted by Crippen LogP contribution is 2.23. The summed E-state index contributed by atoms with van der Waals surface area (Å²) < 4.78 is 4.40. The quantitative estimate of drug-likeness (QED) is 0.353. The average molecular weight is 242 g/mol. The molecule has 0 saturated heterocycles. The van der Waals surface area contributed by atoms with Crippen LogP contribution in [0.2, 0.25) is 5.02 Å². The second-order valence-electron chi connectivity index (χ2n) is 2.82. The van der Waals surface area contributed by atoms with Crippen LogP contribution < -0.4 is 0 Å². The fraction of sp³-hybridized carbons (Fsp3) is 0.100. The predicted molar refractivity (Wildman–Crippen MR) is 59.2 cm³/mol. The number of carbonyl (C=O) groups is 1. The van der Waals surface area contributed by atoms with Gasteiger partial charge < -0.3 is 4.74 Å². The van der Waals surface area contributed by atoms with Gasteiger partial charge in [0.25, 0.3) is 5.69 Å². The maximum Gasteiger partial charge on any atom is 0.330 e. The number of halogens is 1. The number of methoxy groups -OCH3 is 1. The fourth-order valence-corrected chi connectivity index (χ4v) is 1.23. The van der Waals surface area contributed by atoms with E-state index in [1.165, 1.54) is 37.5 Å². The zero-order chi connectivity index (χ0) is 12.1. The number of esters is 1. The molecule has 0 heterocycles. The van der Waals surface area contributed by atoms with E-state index in [1.807, 2.05) is 0 Å². The molecule has 1 aromatic carbocycles. The Kier molecular flexibility index (Phi) is 4.02. The lowest BCUT2D eigenvalue weighted by molar-refractivity contribution is -0.384. The van der Waals surface area contributed by atoms with Crippen LogP contribution in [0.5, 0.6) is 0 Å². The van der Waals surface area contributed by atoms with Gasteiger partial charge in [-0.25, -0.2) is 4.79 Å². The van der Waals surface area contributed by atoms with Crippen LogP contribution >= 0.6 is 11.6 Å². The summed E-state index contributed by atoms with van der Waals surface area (Å²) in [6, 6.07) is 3.99. The van der Waals surface area contributed by atoms with Gasteiger partial charge in [0.1, 0.15) is 0 Å². The molecule has 1 aromatic rings. The first kappa shape index (κ1) is 12.2. The number of rotatable bonds is 3. The molecule has 0 aliphatic rings. The highest BCUT2D eigenvalue weighted by Gasteiger charge is 2.07. The molecule has 0 saturated carbocycles. The van der Waals surface area contributed by atoms with Crippen molar-refractivity contribution in [1.82, 2.24) is 0 Å². The largest absolute Gasteiger partial charge is 0.466 e. The Hall–Kier alpha value is -1.88. The molecule has 0 aliphatic heterocycles. The van der Waals surface area contributed by atoms with E-state index in [9.17, 15) is 14.9 Å². The summed E-state index contributed by atoms with van der Waals surface area (Å²) in [6.45, 7) is 0. The molecule has 1 rings (SSSR count). The number of nitro benzene ring substituents is 1. The van der Waals surface area contributed by atoms with E-state index in [2.05, 4.69) is 4.74 Å². The predicted octanol–water partition coefficient (Wildman–Crippen LogP) is 2.43. The van der Waals surface area contributed by atoms with Crippen LogP contribution in [0.15, 0.2) is 24.3 Å². The molecule has 0 fully saturated rings. The molecular formula is C10H8ClNO4. The lowest BCUT2D eigenvalue weighted by Gasteiger charge is -1.97. The van der Waals surface area contributed by atoms with Crippen molar-refractivity contribution >= 4 is 29.3 Å². The van der Waals surface area contributed by atoms with Crippen molar-refractivity contribution in [2.45, 2.75) is 0 Å². The van der Waals surface area contributed by atoms with Gasteiger partial charge in [0.05, 0.1) is 17.1 Å². The summed E-state index contributed by atoms with van der Waals surface area (Å²) in [7, 11) is 1.25. The monoisotopic (exact) mass is 241 g/mol. The first-order valence-electron chi connectivity index (χ1n) is 4.24. The van der Waals surface area contributed by atoms with Crippen molar-refractivity contribution < 1.29 is 14.5 Å². The molecule has 0 N–H and O–H groups in total. The number of hydrogen-bond acceptors (Lipinski definition) is 4. The van der Waals surface area contributed by atoms with E-state index >= 15 is 0 Å². The lowest BCUT2D eigenvalue weighted by Crippen LogP contribution is -1.93. The van der Waals surface area contributed by atoms with Gasteiger partial charge in [-0.1, -0.05) is 11.6 Å². The maximum absolute atomic E-state index is 10.8. The number of hydrogen-bond donors (Lipinski definition) is 0. The van der Waals surface area contributed by atoms with E-state index in [0.29, 0.717) is 5.56 Å². The normalized spacial score (nSPS) is 10.4. The van der Waals surface area contributed by atoms with E-state index < -0.39 is 10.9 Å². The molecule has 84 valence electrons. The molecule has 16 heavy (non-hydrogen) atoms. The van der Waals surface area contributed by atoms with Gasteiger partial charge in [-0.15, -0.1) is 0 Å². The number of non-ortho nitro benzene ring substituents is 1. The van der Waals surface area contributed by atoms with Gasteiger partial charge in [-0.2, -0.15) is 0 Å². The number of carbonyl (C=O) groups excluding carboxylic acids is 1. The summed E-state index contributed by atoms with van der Waals surface area (Å²) in [5.41, 5.74) is 0.415. The molecule has 0 spiro atoms. The Balaban J connectivity index is 2.95. The van der Waals surface area contributed by atoms with Crippen LogP contribution in [0, 0.1) is 10.1 Å². The molecule has 0 radical (unpaired) electrons. The SMILES string of the molecule is COC(=O)/C=C/c1ccc([N+](=O)[O-])cc1Cl. The third kappa shape index (κ3) is 3.06. The van der Waals surface area contributed by atoms with E-state index in [1.54, 1.807) is 0 Å². The highest BCUT2D eigenvalue weighted by molar-refractivity contribution is 6.32. The zero-order valence-corrected chi connectivity index (χ0v) is 9.10. The number of nitrogens with zero attached hydrogens (tertiary/aromatic N) is 1. The standard InChI is InChI=1S/C10H8ClNO4/c1-16-10(13)5-3-7-2-4-8(12(14)15)6-9(7)11/h2-6H,1H3/b5-3+. The van der Waals surface area contributed by atoms with E-state index in [-0.39, 0.29) is 10.7 Å². The molecule has 0 amide bonds. The summed E-state index contributed by atoms with van der Waals surface area (Å²) in [5, 5.41) is 10.6. The molecule has 0 aromatic heterocycles. The third-order valence-electron chi connectivity index (χ3n) is 1.80. The second kappa shape index (κ2) is 5.27. The van der Waals surface area contributed by atoms with Crippen LogP contribution in [0.4, 0.5) is 5.69 Å². The second-order valence-corrected chi connectivity index (χ2v) is 3.23. The van der Waals surface area contributed by atoms with Gasteiger partial charge >= 0.3 is 5.97 Å². The summed E-state index contributed by atoms with van der Waals surface area (Å²) in [5.74, 6) is -0.519. The van der Waals surface area contributed by atoms with E-state index in [0.717, 1.165) is 0 Å². The average Bonchev–Trinajstić information content (AvgIpc) is 2.26. The van der Waals surface area contributed by atoms with Crippen LogP contribution in [-0.2, 0) is 9.53 Å². The van der Waals surface area contributed by atoms with Crippen molar-refractivity contribution in [3.8, 4) is 0 Å². The van der Waals surface area contributed by atoms with Crippen LogP contribution in [0.25, 0.3) is 6.08 Å². The molecule has 0 unspecified atom stereocenters. The minimum absolute atomic E-state index is 0.0970. The minimum atomic E-state index is -0.542. The zero-order valence-electron chi connectivity index (χ0n) is 8.34. The topological polar surface area (TPSA) is 69.4 Å². The highest BCUT2D eigenvalue weighted by atomic mass is 35.5. The van der Waals surface area contributed by atoms with Crippen molar-refractivity contribution in [2.75, 3.05) is 7.11 Å². The molecule has 0 aliphatic carbocycles.